The molecular weight excluding hydrogens is 262 g/mol. The maximum Gasteiger partial charge on any atom is 0.282 e. The van der Waals surface area contributed by atoms with E-state index in [1.807, 2.05) is 6.92 Å². The molecule has 0 aliphatic rings. The number of nitro benzene ring substituents is 1. The number of amides is 1. The Balaban J connectivity index is 2.34. The van der Waals surface area contributed by atoms with Crippen molar-refractivity contribution in [2.45, 2.75) is 6.92 Å². The SMILES string of the molecule is Cc1ccnc(NC(=O)c2cc(O)ccc2[N+](=O)[O-])c1. The monoisotopic (exact) mass is 273 g/mol. The third kappa shape index (κ3) is 2.89. The Kier molecular flexibility index (Phi) is 3.60. The highest BCUT2D eigenvalue weighted by Crippen LogP contribution is 2.24. The maximum absolute atomic E-state index is 12.0. The van der Waals surface area contributed by atoms with Crippen LogP contribution in [0.1, 0.15) is 15.9 Å². The second kappa shape index (κ2) is 5.35. The third-order valence-electron chi connectivity index (χ3n) is 2.58. The first kappa shape index (κ1) is 13.5. The van der Waals surface area contributed by atoms with Crippen LogP contribution in [0, 0.1) is 17.0 Å². The van der Waals surface area contributed by atoms with Crippen LogP contribution in [0.3, 0.4) is 0 Å². The molecule has 0 fully saturated rings. The predicted molar refractivity (Wildman–Crippen MR) is 71.7 cm³/mol. The fraction of sp³-hybridized carbons (Fsp3) is 0.0769. The molecule has 2 aromatic rings. The van der Waals surface area contributed by atoms with Crippen molar-refractivity contribution in [2.75, 3.05) is 5.32 Å². The second-order valence-electron chi connectivity index (χ2n) is 4.13. The van der Waals surface area contributed by atoms with E-state index in [1.165, 1.54) is 6.20 Å². The topological polar surface area (TPSA) is 105 Å². The van der Waals surface area contributed by atoms with E-state index in [9.17, 15) is 20.0 Å². The number of aromatic nitrogens is 1. The van der Waals surface area contributed by atoms with Gasteiger partial charge < -0.3 is 10.4 Å². The lowest BCUT2D eigenvalue weighted by Gasteiger charge is -2.06. The summed E-state index contributed by atoms with van der Waals surface area (Å²) >= 11 is 0. The van der Waals surface area contributed by atoms with Gasteiger partial charge in [0.1, 0.15) is 17.1 Å². The first-order chi connectivity index (χ1) is 9.47. The summed E-state index contributed by atoms with van der Waals surface area (Å²) < 4.78 is 0. The zero-order chi connectivity index (χ0) is 14.7. The summed E-state index contributed by atoms with van der Waals surface area (Å²) in [5, 5.41) is 22.7. The molecule has 1 aromatic carbocycles. The van der Waals surface area contributed by atoms with Crippen LogP contribution >= 0.6 is 0 Å². The molecule has 0 aliphatic heterocycles. The minimum absolute atomic E-state index is 0.224. The smallest absolute Gasteiger partial charge is 0.282 e. The van der Waals surface area contributed by atoms with Crippen molar-refractivity contribution in [2.24, 2.45) is 0 Å². The molecule has 0 bridgehead atoms. The van der Waals surface area contributed by atoms with Gasteiger partial charge in [-0.1, -0.05) is 0 Å². The summed E-state index contributed by atoms with van der Waals surface area (Å²) in [6.45, 7) is 1.83. The summed E-state index contributed by atoms with van der Waals surface area (Å²) in [5.74, 6) is -0.642. The third-order valence-corrected chi connectivity index (χ3v) is 2.58. The molecule has 0 saturated carbocycles. The number of benzene rings is 1. The average Bonchev–Trinajstić information content (AvgIpc) is 2.38. The van der Waals surface area contributed by atoms with Crippen LogP contribution in [0.15, 0.2) is 36.5 Å². The van der Waals surface area contributed by atoms with Crippen LogP contribution in [0.2, 0.25) is 0 Å². The van der Waals surface area contributed by atoms with Gasteiger partial charge in [-0.15, -0.1) is 0 Å². The number of hydrogen-bond donors (Lipinski definition) is 2. The number of hydrogen-bond acceptors (Lipinski definition) is 5. The van der Waals surface area contributed by atoms with E-state index in [0.29, 0.717) is 0 Å². The van der Waals surface area contributed by atoms with E-state index in [1.54, 1.807) is 12.1 Å². The molecular formula is C13H11N3O4. The summed E-state index contributed by atoms with van der Waals surface area (Å²) in [5.41, 5.74) is 0.284. The Morgan fingerprint density at radius 2 is 2.10 bits per heavy atom. The van der Waals surface area contributed by atoms with Crippen molar-refractivity contribution in [1.29, 1.82) is 0 Å². The van der Waals surface area contributed by atoms with Crippen LogP contribution in [-0.4, -0.2) is 20.9 Å². The number of pyridine rings is 1. The van der Waals surface area contributed by atoms with Crippen LogP contribution < -0.4 is 5.32 Å². The maximum atomic E-state index is 12.0. The standard InChI is InChI=1S/C13H11N3O4/c1-8-4-5-14-12(6-8)15-13(18)10-7-9(17)2-3-11(10)16(19)20/h2-7,17H,1H3,(H,14,15,18). The lowest BCUT2D eigenvalue weighted by atomic mass is 10.1. The molecule has 0 spiro atoms. The lowest BCUT2D eigenvalue weighted by molar-refractivity contribution is -0.385. The van der Waals surface area contributed by atoms with Gasteiger partial charge in [0.25, 0.3) is 11.6 Å². The van der Waals surface area contributed by atoms with Crippen LogP contribution in [0.4, 0.5) is 11.5 Å². The largest absolute Gasteiger partial charge is 0.508 e. The molecule has 0 unspecified atom stereocenters. The molecule has 2 rings (SSSR count). The zero-order valence-electron chi connectivity index (χ0n) is 10.5. The fourth-order valence-corrected chi connectivity index (χ4v) is 1.65. The summed E-state index contributed by atoms with van der Waals surface area (Å²) in [4.78, 5) is 26.2. The first-order valence-corrected chi connectivity index (χ1v) is 5.69. The number of anilines is 1. The number of nitro groups is 1. The minimum Gasteiger partial charge on any atom is -0.508 e. The summed E-state index contributed by atoms with van der Waals surface area (Å²) in [7, 11) is 0. The van der Waals surface area contributed by atoms with Gasteiger partial charge in [-0.2, -0.15) is 0 Å². The van der Waals surface area contributed by atoms with E-state index in [4.69, 9.17) is 0 Å². The van der Waals surface area contributed by atoms with Gasteiger partial charge in [-0.25, -0.2) is 4.98 Å². The summed E-state index contributed by atoms with van der Waals surface area (Å²) in [6, 6.07) is 6.66. The van der Waals surface area contributed by atoms with Gasteiger partial charge in [0, 0.05) is 12.3 Å². The normalized spacial score (nSPS) is 10.1. The molecule has 2 N–H and O–H groups in total. The first-order valence-electron chi connectivity index (χ1n) is 5.69. The van der Waals surface area contributed by atoms with Crippen molar-refractivity contribution in [3.63, 3.8) is 0 Å². The number of aryl methyl sites for hydroxylation is 1. The minimum atomic E-state index is -0.703. The lowest BCUT2D eigenvalue weighted by Crippen LogP contribution is -2.14. The molecule has 7 heteroatoms. The molecule has 1 amide bonds. The number of carbonyl (C=O) groups is 1. The Morgan fingerprint density at radius 3 is 2.75 bits per heavy atom. The van der Waals surface area contributed by atoms with Crippen molar-refractivity contribution in [3.05, 3.63) is 57.8 Å². The number of phenols is 1. The van der Waals surface area contributed by atoms with Crippen molar-refractivity contribution >= 4 is 17.4 Å². The number of rotatable bonds is 3. The highest BCUT2D eigenvalue weighted by Gasteiger charge is 2.21. The van der Waals surface area contributed by atoms with Crippen LogP contribution in [0.25, 0.3) is 0 Å². The Bertz CT molecular complexity index is 685. The van der Waals surface area contributed by atoms with Gasteiger partial charge in [-0.3, -0.25) is 14.9 Å². The molecule has 0 saturated heterocycles. The number of aromatic hydroxyl groups is 1. The molecule has 1 heterocycles. The quantitative estimate of drug-likeness (QED) is 0.659. The molecule has 7 nitrogen and oxygen atoms in total. The number of nitrogens with one attached hydrogen (secondary N) is 1. The van der Waals surface area contributed by atoms with E-state index >= 15 is 0 Å². The van der Waals surface area contributed by atoms with Gasteiger partial charge in [0.05, 0.1) is 4.92 Å². The number of nitrogens with zero attached hydrogens (tertiary/aromatic N) is 2. The second-order valence-corrected chi connectivity index (χ2v) is 4.13. The Labute approximate surface area is 114 Å². The molecule has 0 atom stereocenters. The predicted octanol–water partition coefficient (Wildman–Crippen LogP) is 2.26. The van der Waals surface area contributed by atoms with Gasteiger partial charge in [0.15, 0.2) is 0 Å². The number of carbonyl (C=O) groups excluding carboxylic acids is 1. The zero-order valence-corrected chi connectivity index (χ0v) is 10.5. The summed E-state index contributed by atoms with van der Waals surface area (Å²) in [6.07, 6.45) is 1.52. The molecule has 102 valence electrons. The van der Waals surface area contributed by atoms with Crippen LogP contribution in [-0.2, 0) is 0 Å². The van der Waals surface area contributed by atoms with Gasteiger partial charge in [-0.05, 0) is 36.8 Å². The molecule has 1 aromatic heterocycles. The van der Waals surface area contributed by atoms with Crippen molar-refractivity contribution in [3.8, 4) is 5.75 Å². The van der Waals surface area contributed by atoms with E-state index in [-0.39, 0.29) is 22.8 Å². The Morgan fingerprint density at radius 1 is 1.35 bits per heavy atom. The highest BCUT2D eigenvalue weighted by atomic mass is 16.6. The van der Waals surface area contributed by atoms with Gasteiger partial charge in [0.2, 0.25) is 0 Å². The highest BCUT2D eigenvalue weighted by molar-refractivity contribution is 6.06. The van der Waals surface area contributed by atoms with Crippen molar-refractivity contribution < 1.29 is 14.8 Å². The van der Waals surface area contributed by atoms with Gasteiger partial charge >= 0.3 is 0 Å². The molecule has 0 aliphatic carbocycles. The molecule has 20 heavy (non-hydrogen) atoms. The molecule has 0 radical (unpaired) electrons. The number of phenolic OH excluding ortho intramolecular Hbond substituents is 1. The van der Waals surface area contributed by atoms with E-state index < -0.39 is 10.8 Å². The average molecular weight is 273 g/mol. The Hall–Kier alpha value is -2.96. The van der Waals surface area contributed by atoms with Crippen LogP contribution in [0.5, 0.6) is 5.75 Å². The van der Waals surface area contributed by atoms with E-state index in [0.717, 1.165) is 23.8 Å². The fourth-order valence-electron chi connectivity index (χ4n) is 1.65. The van der Waals surface area contributed by atoms with E-state index in [2.05, 4.69) is 10.3 Å². The van der Waals surface area contributed by atoms with Crippen molar-refractivity contribution in [1.82, 2.24) is 4.98 Å².